The highest BCUT2D eigenvalue weighted by Gasteiger charge is 2.02. The molecule has 2 N–H and O–H groups in total. The molecule has 0 aliphatic heterocycles. The number of rotatable bonds is 8. The predicted molar refractivity (Wildman–Crippen MR) is 92.0 cm³/mol. The van der Waals surface area contributed by atoms with Gasteiger partial charge in [-0.05, 0) is 57.1 Å². The van der Waals surface area contributed by atoms with Gasteiger partial charge < -0.3 is 15.5 Å². The van der Waals surface area contributed by atoms with Crippen molar-refractivity contribution in [3.05, 3.63) is 35.1 Å². The molecule has 0 saturated heterocycles. The summed E-state index contributed by atoms with van der Waals surface area (Å²) in [7, 11) is 2.09. The van der Waals surface area contributed by atoms with Gasteiger partial charge in [-0.25, -0.2) is 4.39 Å². The van der Waals surface area contributed by atoms with Gasteiger partial charge in [0.05, 0.1) is 6.54 Å². The third kappa shape index (κ3) is 6.89. The third-order valence-corrected chi connectivity index (χ3v) is 3.63. The van der Waals surface area contributed by atoms with Crippen LogP contribution in [-0.4, -0.2) is 50.6 Å². The maximum absolute atomic E-state index is 13.1. The molecule has 0 aliphatic carbocycles. The summed E-state index contributed by atoms with van der Waals surface area (Å²) in [6.45, 7) is 10.5. The summed E-state index contributed by atoms with van der Waals surface area (Å²) in [5.74, 6) is 0.663. The van der Waals surface area contributed by atoms with E-state index in [4.69, 9.17) is 0 Å². The molecule has 0 fully saturated rings. The van der Waals surface area contributed by atoms with Crippen molar-refractivity contribution in [3.8, 4) is 0 Å². The van der Waals surface area contributed by atoms with Crippen molar-refractivity contribution >= 4 is 5.96 Å². The molecule has 0 saturated carbocycles. The van der Waals surface area contributed by atoms with Crippen LogP contribution in [0.15, 0.2) is 23.2 Å². The van der Waals surface area contributed by atoms with Gasteiger partial charge in [0.15, 0.2) is 5.96 Å². The van der Waals surface area contributed by atoms with Gasteiger partial charge in [-0.1, -0.05) is 13.0 Å². The summed E-state index contributed by atoms with van der Waals surface area (Å²) < 4.78 is 13.1. The minimum atomic E-state index is -0.177. The maximum atomic E-state index is 13.1. The van der Waals surface area contributed by atoms with E-state index in [1.807, 2.05) is 13.0 Å². The van der Waals surface area contributed by atoms with Gasteiger partial charge >= 0.3 is 0 Å². The lowest BCUT2D eigenvalue weighted by molar-refractivity contribution is 0.363. The monoisotopic (exact) mass is 308 g/mol. The summed E-state index contributed by atoms with van der Waals surface area (Å²) >= 11 is 0. The minimum Gasteiger partial charge on any atom is -0.357 e. The molecular formula is C17H29FN4. The summed E-state index contributed by atoms with van der Waals surface area (Å²) in [5.41, 5.74) is 2.16. The van der Waals surface area contributed by atoms with Crippen LogP contribution in [-0.2, 0) is 6.42 Å². The van der Waals surface area contributed by atoms with E-state index in [1.54, 1.807) is 6.07 Å². The van der Waals surface area contributed by atoms with Crippen LogP contribution in [0.1, 0.15) is 25.0 Å². The highest BCUT2D eigenvalue weighted by atomic mass is 19.1. The number of benzene rings is 1. The number of hydrogen-bond donors (Lipinski definition) is 2. The van der Waals surface area contributed by atoms with Gasteiger partial charge in [-0.2, -0.15) is 0 Å². The van der Waals surface area contributed by atoms with E-state index in [-0.39, 0.29) is 5.82 Å². The standard InChI is InChI=1S/C17H29FN4/c1-5-19-17(21-11-12-22(4)6-2)20-10-9-15-7-8-16(18)13-14(15)3/h7-8,13H,5-6,9-12H2,1-4H3,(H2,19,20,21). The van der Waals surface area contributed by atoms with E-state index < -0.39 is 0 Å². The fourth-order valence-corrected chi connectivity index (χ4v) is 2.09. The molecule has 5 heteroatoms. The van der Waals surface area contributed by atoms with Crippen LogP contribution in [0.4, 0.5) is 4.39 Å². The Morgan fingerprint density at radius 1 is 1.27 bits per heavy atom. The van der Waals surface area contributed by atoms with Gasteiger partial charge in [-0.15, -0.1) is 0 Å². The Labute approximate surface area is 133 Å². The van der Waals surface area contributed by atoms with E-state index in [0.29, 0.717) is 0 Å². The Morgan fingerprint density at radius 3 is 2.68 bits per heavy atom. The Bertz CT molecular complexity index is 474. The normalized spacial score (nSPS) is 11.8. The number of nitrogens with zero attached hydrogens (tertiary/aromatic N) is 2. The topological polar surface area (TPSA) is 39.7 Å². The number of halogens is 1. The van der Waals surface area contributed by atoms with E-state index in [1.165, 1.54) is 6.07 Å². The molecule has 0 amide bonds. The predicted octanol–water partition coefficient (Wildman–Crippen LogP) is 2.18. The molecule has 0 bridgehead atoms. The van der Waals surface area contributed by atoms with E-state index in [9.17, 15) is 4.39 Å². The first-order valence-electron chi connectivity index (χ1n) is 8.02. The highest BCUT2D eigenvalue weighted by molar-refractivity contribution is 5.79. The largest absolute Gasteiger partial charge is 0.357 e. The zero-order valence-electron chi connectivity index (χ0n) is 14.2. The second-order valence-electron chi connectivity index (χ2n) is 5.40. The second kappa shape index (κ2) is 10.2. The van der Waals surface area contributed by atoms with Crippen LogP contribution in [0.25, 0.3) is 0 Å². The van der Waals surface area contributed by atoms with E-state index in [0.717, 1.165) is 56.2 Å². The molecule has 1 rings (SSSR count). The molecule has 4 nitrogen and oxygen atoms in total. The second-order valence-corrected chi connectivity index (χ2v) is 5.40. The van der Waals surface area contributed by atoms with Crippen molar-refractivity contribution in [3.63, 3.8) is 0 Å². The van der Waals surface area contributed by atoms with Gasteiger partial charge in [0.2, 0.25) is 0 Å². The van der Waals surface area contributed by atoms with Crippen molar-refractivity contribution in [1.29, 1.82) is 0 Å². The number of guanidine groups is 1. The van der Waals surface area contributed by atoms with Gasteiger partial charge in [0.25, 0.3) is 0 Å². The fourth-order valence-electron chi connectivity index (χ4n) is 2.09. The Hall–Kier alpha value is -1.62. The minimum absolute atomic E-state index is 0.177. The van der Waals surface area contributed by atoms with Crippen LogP contribution < -0.4 is 10.6 Å². The van der Waals surface area contributed by atoms with Crippen molar-refractivity contribution in [2.75, 3.05) is 39.8 Å². The molecule has 1 aromatic carbocycles. The van der Waals surface area contributed by atoms with Crippen LogP contribution in [0, 0.1) is 12.7 Å². The highest BCUT2D eigenvalue weighted by Crippen LogP contribution is 2.10. The van der Waals surface area contributed by atoms with Crippen LogP contribution in [0.2, 0.25) is 0 Å². The molecule has 0 radical (unpaired) electrons. The lowest BCUT2D eigenvalue weighted by Crippen LogP contribution is -2.39. The molecule has 0 spiro atoms. The molecule has 22 heavy (non-hydrogen) atoms. The quantitative estimate of drug-likeness (QED) is 0.571. The molecule has 124 valence electrons. The Morgan fingerprint density at radius 2 is 2.05 bits per heavy atom. The number of aryl methyl sites for hydroxylation is 1. The lowest BCUT2D eigenvalue weighted by Gasteiger charge is -2.14. The zero-order valence-corrected chi connectivity index (χ0v) is 14.2. The van der Waals surface area contributed by atoms with Gasteiger partial charge in [0.1, 0.15) is 5.82 Å². The molecule has 0 aliphatic rings. The van der Waals surface area contributed by atoms with Crippen LogP contribution >= 0.6 is 0 Å². The average Bonchev–Trinajstić information content (AvgIpc) is 2.49. The van der Waals surface area contributed by atoms with Gasteiger partial charge in [0, 0.05) is 19.6 Å². The third-order valence-electron chi connectivity index (χ3n) is 3.63. The van der Waals surface area contributed by atoms with Crippen molar-refractivity contribution in [1.82, 2.24) is 15.5 Å². The number of hydrogen-bond acceptors (Lipinski definition) is 2. The molecular weight excluding hydrogens is 279 g/mol. The Kier molecular flexibility index (Phi) is 8.51. The number of likely N-dealkylation sites (N-methyl/N-ethyl adjacent to an activating group) is 1. The molecule has 0 heterocycles. The van der Waals surface area contributed by atoms with E-state index >= 15 is 0 Å². The average molecular weight is 308 g/mol. The molecule has 0 aromatic heterocycles. The van der Waals surface area contributed by atoms with Crippen molar-refractivity contribution in [2.24, 2.45) is 4.99 Å². The number of nitrogens with one attached hydrogen (secondary N) is 2. The first kappa shape index (κ1) is 18.4. The zero-order chi connectivity index (χ0) is 16.4. The summed E-state index contributed by atoms with van der Waals surface area (Å²) in [6, 6.07) is 4.95. The SMILES string of the molecule is CCNC(=NCCN(C)CC)NCCc1ccc(F)cc1C. The first-order valence-corrected chi connectivity index (χ1v) is 8.02. The van der Waals surface area contributed by atoms with Gasteiger partial charge in [-0.3, -0.25) is 4.99 Å². The molecule has 0 atom stereocenters. The summed E-state index contributed by atoms with van der Waals surface area (Å²) in [5, 5.41) is 6.57. The first-order chi connectivity index (χ1) is 10.6. The fraction of sp³-hybridized carbons (Fsp3) is 0.588. The van der Waals surface area contributed by atoms with Crippen molar-refractivity contribution < 1.29 is 4.39 Å². The smallest absolute Gasteiger partial charge is 0.191 e. The Balaban J connectivity index is 2.44. The van der Waals surface area contributed by atoms with E-state index in [2.05, 4.69) is 41.4 Å². The number of aliphatic imine (C=N–C) groups is 1. The summed E-state index contributed by atoms with van der Waals surface area (Å²) in [6.07, 6.45) is 0.853. The lowest BCUT2D eigenvalue weighted by atomic mass is 10.1. The maximum Gasteiger partial charge on any atom is 0.191 e. The van der Waals surface area contributed by atoms with Crippen LogP contribution in [0.3, 0.4) is 0 Å². The summed E-state index contributed by atoms with van der Waals surface area (Å²) in [4.78, 5) is 6.79. The molecule has 0 unspecified atom stereocenters. The van der Waals surface area contributed by atoms with Crippen LogP contribution in [0.5, 0.6) is 0 Å². The van der Waals surface area contributed by atoms with Crippen molar-refractivity contribution in [2.45, 2.75) is 27.2 Å². The molecule has 1 aromatic rings.